The van der Waals surface area contributed by atoms with Crippen LogP contribution in [0.15, 0.2) is 6.33 Å². The second kappa shape index (κ2) is 6.01. The molecule has 1 N–H and O–H groups in total. The van der Waals surface area contributed by atoms with Gasteiger partial charge in [0.1, 0.15) is 12.2 Å². The van der Waals surface area contributed by atoms with Gasteiger partial charge in [0.25, 0.3) is 0 Å². The Kier molecular flexibility index (Phi) is 4.12. The summed E-state index contributed by atoms with van der Waals surface area (Å²) in [7, 11) is 1.84. The molecule has 1 unspecified atom stereocenters. The van der Waals surface area contributed by atoms with Crippen molar-refractivity contribution < 1.29 is 4.79 Å². The molecule has 2 aliphatic heterocycles. The molecule has 1 atom stereocenters. The lowest BCUT2D eigenvalue weighted by molar-refractivity contribution is -0.123. The topological polar surface area (TPSA) is 63.1 Å². The van der Waals surface area contributed by atoms with Crippen LogP contribution in [0.3, 0.4) is 0 Å². The van der Waals surface area contributed by atoms with Crippen LogP contribution in [0.5, 0.6) is 0 Å². The van der Waals surface area contributed by atoms with E-state index in [1.807, 2.05) is 7.05 Å². The number of piperidine rings is 1. The zero-order valence-corrected chi connectivity index (χ0v) is 12.1. The number of aryl methyl sites for hydroxylation is 1. The van der Waals surface area contributed by atoms with Crippen molar-refractivity contribution in [2.24, 2.45) is 7.05 Å². The number of hydrogen-bond donors (Lipinski definition) is 1. The number of hydrogen-bond acceptors (Lipinski definition) is 5. The molecule has 3 rings (SSSR count). The highest BCUT2D eigenvalue weighted by Crippen LogP contribution is 2.25. The minimum absolute atomic E-state index is 0.0924. The maximum Gasteiger partial charge on any atom is 0.157 e. The monoisotopic (exact) mass is 277 g/mol. The normalized spacial score (nSPS) is 25.1. The summed E-state index contributed by atoms with van der Waals surface area (Å²) in [4.78, 5) is 19.2. The van der Waals surface area contributed by atoms with Gasteiger partial charge < -0.3 is 5.32 Å². The van der Waals surface area contributed by atoms with Gasteiger partial charge in [-0.2, -0.15) is 5.10 Å². The number of aromatic nitrogens is 3. The Labute approximate surface area is 119 Å². The van der Waals surface area contributed by atoms with E-state index in [-0.39, 0.29) is 6.04 Å². The Hall–Kier alpha value is -1.27. The number of carbonyl (C=O) groups excluding carboxylic acids is 1. The molecule has 0 spiro atoms. The molecule has 2 aliphatic rings. The summed E-state index contributed by atoms with van der Waals surface area (Å²) in [5.41, 5.74) is 0. The number of ketones is 1. The van der Waals surface area contributed by atoms with Crippen LogP contribution in [0.2, 0.25) is 0 Å². The summed E-state index contributed by atoms with van der Waals surface area (Å²) < 4.78 is 1.70. The van der Waals surface area contributed by atoms with Gasteiger partial charge in [-0.15, -0.1) is 0 Å². The van der Waals surface area contributed by atoms with Crippen molar-refractivity contribution in [3.63, 3.8) is 0 Å². The summed E-state index contributed by atoms with van der Waals surface area (Å²) in [5, 5.41) is 7.43. The third-order valence-corrected chi connectivity index (χ3v) is 4.58. The first-order chi connectivity index (χ1) is 9.75. The van der Waals surface area contributed by atoms with Crippen molar-refractivity contribution in [2.75, 3.05) is 19.6 Å². The molecule has 0 amide bonds. The smallest absolute Gasteiger partial charge is 0.157 e. The van der Waals surface area contributed by atoms with Crippen LogP contribution in [0.4, 0.5) is 0 Å². The van der Waals surface area contributed by atoms with Gasteiger partial charge in [0.05, 0.1) is 12.5 Å². The van der Waals surface area contributed by atoms with Crippen LogP contribution >= 0.6 is 0 Å². The van der Waals surface area contributed by atoms with Gasteiger partial charge in [0.2, 0.25) is 0 Å². The SMILES string of the molecule is Cn1ncnc1CC(=O)C1CCCN1C1CCNCC1. The lowest BCUT2D eigenvalue weighted by Crippen LogP contribution is -2.48. The third-order valence-electron chi connectivity index (χ3n) is 4.58. The molecule has 0 saturated carbocycles. The first kappa shape index (κ1) is 13.7. The standard InChI is InChI=1S/C14H23N5O/c1-18-14(16-10-17-18)9-13(20)12-3-2-8-19(12)11-4-6-15-7-5-11/h10-12,15H,2-9H2,1H3. The van der Waals surface area contributed by atoms with Crippen molar-refractivity contribution in [1.29, 1.82) is 0 Å². The predicted molar refractivity (Wildman–Crippen MR) is 75.3 cm³/mol. The number of carbonyl (C=O) groups is 1. The van der Waals surface area contributed by atoms with Crippen LogP contribution in [0.25, 0.3) is 0 Å². The lowest BCUT2D eigenvalue weighted by atomic mass is 10.0. The molecule has 0 aliphatic carbocycles. The number of nitrogens with zero attached hydrogens (tertiary/aromatic N) is 4. The molecule has 2 fully saturated rings. The molecule has 6 heteroatoms. The second-order valence-electron chi connectivity index (χ2n) is 5.82. The lowest BCUT2D eigenvalue weighted by Gasteiger charge is -2.35. The molecule has 2 saturated heterocycles. The van der Waals surface area contributed by atoms with E-state index in [0.29, 0.717) is 18.2 Å². The van der Waals surface area contributed by atoms with E-state index in [1.54, 1.807) is 4.68 Å². The molecule has 110 valence electrons. The largest absolute Gasteiger partial charge is 0.317 e. The van der Waals surface area contributed by atoms with Crippen molar-refractivity contribution in [3.05, 3.63) is 12.2 Å². The van der Waals surface area contributed by atoms with Gasteiger partial charge in [0, 0.05) is 13.1 Å². The van der Waals surface area contributed by atoms with Gasteiger partial charge in [-0.3, -0.25) is 14.4 Å². The van der Waals surface area contributed by atoms with E-state index in [4.69, 9.17) is 0 Å². The van der Waals surface area contributed by atoms with Gasteiger partial charge >= 0.3 is 0 Å². The predicted octanol–water partition coefficient (Wildman–Crippen LogP) is 0.143. The number of Topliss-reactive ketones (excluding diaryl/α,β-unsaturated/α-hetero) is 1. The highest BCUT2D eigenvalue weighted by atomic mass is 16.1. The third kappa shape index (κ3) is 2.76. The zero-order valence-electron chi connectivity index (χ0n) is 12.1. The molecule has 0 radical (unpaired) electrons. The van der Waals surface area contributed by atoms with Crippen LogP contribution in [0, 0.1) is 0 Å². The van der Waals surface area contributed by atoms with E-state index in [9.17, 15) is 4.79 Å². The fraction of sp³-hybridized carbons (Fsp3) is 0.786. The number of rotatable bonds is 4. The summed E-state index contributed by atoms with van der Waals surface area (Å²) in [6.45, 7) is 3.22. The van der Waals surface area contributed by atoms with Gasteiger partial charge in [-0.25, -0.2) is 4.98 Å². The minimum Gasteiger partial charge on any atom is -0.317 e. The number of likely N-dealkylation sites (tertiary alicyclic amines) is 1. The summed E-state index contributed by atoms with van der Waals surface area (Å²) in [5.74, 6) is 1.07. The first-order valence-corrected chi connectivity index (χ1v) is 7.58. The van der Waals surface area contributed by atoms with Crippen LogP contribution in [-0.4, -0.2) is 57.2 Å². The Morgan fingerprint density at radius 1 is 1.40 bits per heavy atom. The fourth-order valence-corrected chi connectivity index (χ4v) is 3.46. The second-order valence-corrected chi connectivity index (χ2v) is 5.82. The molecule has 0 aromatic carbocycles. The highest BCUT2D eigenvalue weighted by Gasteiger charge is 2.35. The Morgan fingerprint density at radius 3 is 2.90 bits per heavy atom. The van der Waals surface area contributed by atoms with Crippen LogP contribution < -0.4 is 5.32 Å². The maximum absolute atomic E-state index is 12.6. The minimum atomic E-state index is 0.0924. The van der Waals surface area contributed by atoms with Gasteiger partial charge in [0.15, 0.2) is 5.78 Å². The summed E-state index contributed by atoms with van der Waals surface area (Å²) in [6.07, 6.45) is 6.38. The Morgan fingerprint density at radius 2 is 2.20 bits per heavy atom. The zero-order chi connectivity index (χ0) is 13.9. The molecule has 20 heavy (non-hydrogen) atoms. The summed E-state index contributed by atoms with van der Waals surface area (Å²) >= 11 is 0. The van der Waals surface area contributed by atoms with Gasteiger partial charge in [-0.05, 0) is 45.3 Å². The Balaban J connectivity index is 1.65. The average molecular weight is 277 g/mol. The van der Waals surface area contributed by atoms with Crippen molar-refractivity contribution in [3.8, 4) is 0 Å². The molecule has 3 heterocycles. The number of nitrogens with one attached hydrogen (secondary N) is 1. The van der Waals surface area contributed by atoms with Crippen molar-refractivity contribution in [2.45, 2.75) is 44.2 Å². The van der Waals surface area contributed by atoms with E-state index >= 15 is 0 Å². The average Bonchev–Trinajstić information content (AvgIpc) is 3.09. The van der Waals surface area contributed by atoms with Crippen molar-refractivity contribution in [1.82, 2.24) is 25.0 Å². The van der Waals surface area contributed by atoms with E-state index < -0.39 is 0 Å². The summed E-state index contributed by atoms with van der Waals surface area (Å²) in [6, 6.07) is 0.669. The molecular weight excluding hydrogens is 254 g/mol. The van der Waals surface area contributed by atoms with Crippen LogP contribution in [0.1, 0.15) is 31.5 Å². The van der Waals surface area contributed by atoms with Gasteiger partial charge in [-0.1, -0.05) is 0 Å². The molecule has 0 bridgehead atoms. The quantitative estimate of drug-likeness (QED) is 0.848. The van der Waals surface area contributed by atoms with E-state index in [2.05, 4.69) is 20.3 Å². The first-order valence-electron chi connectivity index (χ1n) is 7.58. The molecular formula is C14H23N5O. The van der Waals surface area contributed by atoms with E-state index in [1.165, 1.54) is 6.33 Å². The molecule has 6 nitrogen and oxygen atoms in total. The highest BCUT2D eigenvalue weighted by molar-refractivity contribution is 5.85. The fourth-order valence-electron chi connectivity index (χ4n) is 3.46. The van der Waals surface area contributed by atoms with Crippen molar-refractivity contribution >= 4 is 5.78 Å². The van der Waals surface area contributed by atoms with E-state index in [0.717, 1.165) is 51.1 Å². The van der Waals surface area contributed by atoms with Crippen LogP contribution in [-0.2, 0) is 18.3 Å². The molecule has 1 aromatic heterocycles. The molecule has 1 aromatic rings. The maximum atomic E-state index is 12.6. The Bertz CT molecular complexity index is 466.